The van der Waals surface area contributed by atoms with Crippen molar-refractivity contribution in [3.63, 3.8) is 0 Å². The Morgan fingerprint density at radius 1 is 1.62 bits per heavy atom. The van der Waals surface area contributed by atoms with E-state index in [0.717, 1.165) is 26.4 Å². The zero-order chi connectivity index (χ0) is 9.52. The van der Waals surface area contributed by atoms with Crippen LogP contribution in [0.1, 0.15) is 19.8 Å². The average molecular weight is 187 g/mol. The van der Waals surface area contributed by atoms with Gasteiger partial charge in [-0.1, -0.05) is 0 Å². The molecule has 1 saturated heterocycles. The van der Waals surface area contributed by atoms with Gasteiger partial charge in [0.05, 0.1) is 13.2 Å². The summed E-state index contributed by atoms with van der Waals surface area (Å²) in [6.45, 7) is 5.86. The van der Waals surface area contributed by atoms with Gasteiger partial charge in [0.15, 0.2) is 0 Å². The first kappa shape index (κ1) is 11.0. The molecule has 1 aliphatic rings. The summed E-state index contributed by atoms with van der Waals surface area (Å²) in [7, 11) is 1.74. The molecule has 78 valence electrons. The molecule has 0 aliphatic carbocycles. The second-order valence-electron chi connectivity index (χ2n) is 3.85. The van der Waals surface area contributed by atoms with Crippen LogP contribution >= 0.6 is 0 Å². The van der Waals surface area contributed by atoms with E-state index in [4.69, 9.17) is 9.47 Å². The highest BCUT2D eigenvalue weighted by molar-refractivity contribution is 4.68. The van der Waals surface area contributed by atoms with E-state index in [-0.39, 0.29) is 0 Å². The first-order chi connectivity index (χ1) is 6.33. The van der Waals surface area contributed by atoms with Crippen LogP contribution in [0, 0.1) is 5.92 Å². The normalized spacial score (nSPS) is 25.8. The Hall–Kier alpha value is -0.120. The molecular weight excluding hydrogens is 166 g/mol. The fourth-order valence-electron chi connectivity index (χ4n) is 1.65. The number of rotatable bonds is 5. The molecule has 13 heavy (non-hydrogen) atoms. The quantitative estimate of drug-likeness (QED) is 0.697. The van der Waals surface area contributed by atoms with Crippen LogP contribution in [-0.2, 0) is 9.47 Å². The van der Waals surface area contributed by atoms with Gasteiger partial charge in [-0.15, -0.1) is 0 Å². The maximum Gasteiger partial charge on any atom is 0.0613 e. The average Bonchev–Trinajstić information content (AvgIpc) is 2.17. The molecule has 2 atom stereocenters. The lowest BCUT2D eigenvalue weighted by atomic mass is 10.0. The van der Waals surface area contributed by atoms with E-state index in [1.807, 2.05) is 0 Å². The molecule has 1 aliphatic heterocycles. The minimum Gasteiger partial charge on any atom is -0.383 e. The van der Waals surface area contributed by atoms with Gasteiger partial charge in [-0.2, -0.15) is 0 Å². The van der Waals surface area contributed by atoms with E-state index in [1.54, 1.807) is 7.11 Å². The van der Waals surface area contributed by atoms with E-state index < -0.39 is 0 Å². The van der Waals surface area contributed by atoms with Gasteiger partial charge in [0.25, 0.3) is 0 Å². The van der Waals surface area contributed by atoms with Gasteiger partial charge in [0.1, 0.15) is 0 Å². The third kappa shape index (κ3) is 4.60. The number of hydrogen-bond acceptors (Lipinski definition) is 3. The first-order valence-electron chi connectivity index (χ1n) is 5.13. The molecule has 0 aromatic heterocycles. The van der Waals surface area contributed by atoms with Crippen LogP contribution in [-0.4, -0.2) is 39.5 Å². The minimum absolute atomic E-state index is 0.451. The molecule has 0 saturated carbocycles. The molecular formula is C10H21NO2. The SMILES string of the molecule is COCC(C)NCC1CCCOC1. The molecule has 1 rings (SSSR count). The van der Waals surface area contributed by atoms with Crippen molar-refractivity contribution in [2.45, 2.75) is 25.8 Å². The van der Waals surface area contributed by atoms with Gasteiger partial charge in [-0.05, 0) is 25.7 Å². The van der Waals surface area contributed by atoms with Crippen molar-refractivity contribution in [3.05, 3.63) is 0 Å². The summed E-state index contributed by atoms with van der Waals surface area (Å²) in [5.41, 5.74) is 0. The summed E-state index contributed by atoms with van der Waals surface area (Å²) in [5, 5.41) is 3.45. The monoisotopic (exact) mass is 187 g/mol. The summed E-state index contributed by atoms with van der Waals surface area (Å²) in [6.07, 6.45) is 2.51. The van der Waals surface area contributed by atoms with Crippen molar-refractivity contribution in [1.29, 1.82) is 0 Å². The zero-order valence-electron chi connectivity index (χ0n) is 8.71. The molecule has 0 spiro atoms. The predicted molar refractivity (Wildman–Crippen MR) is 52.9 cm³/mol. The van der Waals surface area contributed by atoms with Crippen LogP contribution < -0.4 is 5.32 Å². The predicted octanol–water partition coefficient (Wildman–Crippen LogP) is 1.04. The van der Waals surface area contributed by atoms with E-state index >= 15 is 0 Å². The topological polar surface area (TPSA) is 30.5 Å². The highest BCUT2D eigenvalue weighted by atomic mass is 16.5. The Morgan fingerprint density at radius 3 is 3.08 bits per heavy atom. The highest BCUT2D eigenvalue weighted by Gasteiger charge is 2.14. The first-order valence-corrected chi connectivity index (χ1v) is 5.13. The summed E-state index contributed by atoms with van der Waals surface area (Å²) in [6, 6.07) is 0.451. The number of hydrogen-bond donors (Lipinski definition) is 1. The van der Waals surface area contributed by atoms with Gasteiger partial charge >= 0.3 is 0 Å². The number of methoxy groups -OCH3 is 1. The zero-order valence-corrected chi connectivity index (χ0v) is 8.71. The van der Waals surface area contributed by atoms with E-state index in [2.05, 4.69) is 12.2 Å². The molecule has 3 nitrogen and oxygen atoms in total. The van der Waals surface area contributed by atoms with Gasteiger partial charge in [-0.3, -0.25) is 0 Å². The Kier molecular flexibility index (Phi) is 5.35. The van der Waals surface area contributed by atoms with E-state index in [0.29, 0.717) is 12.0 Å². The van der Waals surface area contributed by atoms with Crippen LogP contribution in [0.2, 0.25) is 0 Å². The van der Waals surface area contributed by atoms with Crippen LogP contribution in [0.3, 0.4) is 0 Å². The third-order valence-electron chi connectivity index (χ3n) is 2.43. The third-order valence-corrected chi connectivity index (χ3v) is 2.43. The Balaban J connectivity index is 2.03. The second-order valence-corrected chi connectivity index (χ2v) is 3.85. The summed E-state index contributed by atoms with van der Waals surface area (Å²) in [4.78, 5) is 0. The molecule has 2 unspecified atom stereocenters. The molecule has 1 fully saturated rings. The lowest BCUT2D eigenvalue weighted by molar-refractivity contribution is 0.0524. The maximum atomic E-state index is 5.40. The van der Waals surface area contributed by atoms with Gasteiger partial charge in [-0.25, -0.2) is 0 Å². The van der Waals surface area contributed by atoms with Crippen molar-refractivity contribution >= 4 is 0 Å². The fraction of sp³-hybridized carbons (Fsp3) is 1.00. The molecule has 0 aromatic carbocycles. The van der Waals surface area contributed by atoms with Crippen molar-refractivity contribution in [3.8, 4) is 0 Å². The van der Waals surface area contributed by atoms with Crippen LogP contribution in [0.4, 0.5) is 0 Å². The van der Waals surface area contributed by atoms with E-state index in [9.17, 15) is 0 Å². The van der Waals surface area contributed by atoms with Crippen molar-refractivity contribution in [2.75, 3.05) is 33.5 Å². The van der Waals surface area contributed by atoms with Crippen LogP contribution in [0.15, 0.2) is 0 Å². The lowest BCUT2D eigenvalue weighted by Gasteiger charge is -2.24. The lowest BCUT2D eigenvalue weighted by Crippen LogP contribution is -2.36. The highest BCUT2D eigenvalue weighted by Crippen LogP contribution is 2.12. The van der Waals surface area contributed by atoms with Crippen molar-refractivity contribution in [2.24, 2.45) is 5.92 Å². The number of nitrogens with one attached hydrogen (secondary N) is 1. The van der Waals surface area contributed by atoms with Crippen molar-refractivity contribution in [1.82, 2.24) is 5.32 Å². The van der Waals surface area contributed by atoms with Gasteiger partial charge < -0.3 is 14.8 Å². The molecule has 0 amide bonds. The van der Waals surface area contributed by atoms with E-state index in [1.165, 1.54) is 12.8 Å². The second kappa shape index (κ2) is 6.35. The Labute approximate surface area is 80.8 Å². The standard InChI is InChI=1S/C10H21NO2/c1-9(7-12-2)11-6-10-4-3-5-13-8-10/h9-11H,3-8H2,1-2H3. The summed E-state index contributed by atoms with van der Waals surface area (Å²) >= 11 is 0. The summed E-state index contributed by atoms with van der Waals surface area (Å²) in [5.74, 6) is 0.702. The smallest absolute Gasteiger partial charge is 0.0613 e. The minimum atomic E-state index is 0.451. The molecule has 0 radical (unpaired) electrons. The Bertz CT molecular complexity index is 124. The fourth-order valence-corrected chi connectivity index (χ4v) is 1.65. The molecule has 1 N–H and O–H groups in total. The molecule has 0 aromatic rings. The van der Waals surface area contributed by atoms with Gasteiger partial charge in [0, 0.05) is 26.3 Å². The van der Waals surface area contributed by atoms with Crippen LogP contribution in [0.5, 0.6) is 0 Å². The maximum absolute atomic E-state index is 5.40. The Morgan fingerprint density at radius 2 is 2.46 bits per heavy atom. The van der Waals surface area contributed by atoms with Crippen molar-refractivity contribution < 1.29 is 9.47 Å². The molecule has 1 heterocycles. The summed E-state index contributed by atoms with van der Waals surface area (Å²) < 4.78 is 10.5. The van der Waals surface area contributed by atoms with Crippen LogP contribution in [0.25, 0.3) is 0 Å². The molecule has 3 heteroatoms. The number of ether oxygens (including phenoxy) is 2. The largest absolute Gasteiger partial charge is 0.383 e. The molecule has 0 bridgehead atoms. The van der Waals surface area contributed by atoms with Gasteiger partial charge in [0.2, 0.25) is 0 Å².